The largest absolute Gasteiger partial charge is 0.354 e. The Morgan fingerprint density at radius 3 is 2.95 bits per heavy atom. The first-order valence-corrected chi connectivity index (χ1v) is 6.93. The topological polar surface area (TPSA) is 46.9 Å². The molecule has 102 valence electrons. The number of rotatable bonds is 6. The predicted octanol–water partition coefficient (Wildman–Crippen LogP) is 2.90. The fourth-order valence-corrected chi connectivity index (χ4v) is 2.15. The third-order valence-corrected chi connectivity index (χ3v) is 3.36. The molecule has 1 amide bonds. The molecule has 2 aromatic rings. The van der Waals surface area contributed by atoms with Gasteiger partial charge in [-0.2, -0.15) is 0 Å². The molecule has 0 radical (unpaired) electrons. The third-order valence-electron chi connectivity index (χ3n) is 3.36. The molecule has 1 atom stereocenters. The van der Waals surface area contributed by atoms with Crippen molar-refractivity contribution in [3.8, 4) is 0 Å². The molecule has 0 saturated carbocycles. The lowest BCUT2D eigenvalue weighted by molar-refractivity contribution is -0.123. The molecule has 4 heteroatoms. The van der Waals surface area contributed by atoms with E-state index in [9.17, 15) is 4.79 Å². The number of nitrogens with one attached hydrogen (secondary N) is 1. The number of imidazole rings is 1. The molecule has 1 heterocycles. The van der Waals surface area contributed by atoms with E-state index in [0.717, 1.165) is 36.8 Å². The minimum absolute atomic E-state index is 0.0549. The molecule has 0 aliphatic carbocycles. The van der Waals surface area contributed by atoms with Crippen LogP contribution in [-0.4, -0.2) is 22.0 Å². The van der Waals surface area contributed by atoms with Crippen LogP contribution in [0.5, 0.6) is 0 Å². The van der Waals surface area contributed by atoms with Crippen molar-refractivity contribution in [3.05, 3.63) is 30.6 Å². The number of hydrogen-bond acceptors (Lipinski definition) is 2. The second kappa shape index (κ2) is 6.36. The molecule has 19 heavy (non-hydrogen) atoms. The van der Waals surface area contributed by atoms with Crippen LogP contribution in [0.4, 0.5) is 0 Å². The van der Waals surface area contributed by atoms with Gasteiger partial charge in [0.15, 0.2) is 0 Å². The van der Waals surface area contributed by atoms with Crippen LogP contribution in [-0.2, 0) is 4.79 Å². The summed E-state index contributed by atoms with van der Waals surface area (Å²) < 4.78 is 1.92. The maximum atomic E-state index is 12.1. The number of fused-ring (bicyclic) bond motifs is 1. The first kappa shape index (κ1) is 13.6. The monoisotopic (exact) mass is 259 g/mol. The van der Waals surface area contributed by atoms with Gasteiger partial charge < -0.3 is 9.88 Å². The van der Waals surface area contributed by atoms with Gasteiger partial charge in [0.25, 0.3) is 0 Å². The highest BCUT2D eigenvalue weighted by Crippen LogP contribution is 2.17. The Labute approximate surface area is 113 Å². The summed E-state index contributed by atoms with van der Waals surface area (Å²) in [6, 6.07) is 7.64. The number of carbonyl (C=O) groups is 1. The Hall–Kier alpha value is -1.84. The molecule has 0 spiro atoms. The summed E-state index contributed by atoms with van der Waals surface area (Å²) in [7, 11) is 0. The van der Waals surface area contributed by atoms with Gasteiger partial charge in [-0.05, 0) is 25.5 Å². The van der Waals surface area contributed by atoms with Crippen molar-refractivity contribution in [1.82, 2.24) is 14.9 Å². The molecule has 1 aromatic heterocycles. The first-order valence-electron chi connectivity index (χ1n) is 6.93. The van der Waals surface area contributed by atoms with Crippen LogP contribution in [0, 0.1) is 0 Å². The van der Waals surface area contributed by atoms with E-state index in [2.05, 4.69) is 17.2 Å². The van der Waals surface area contributed by atoms with E-state index in [0.29, 0.717) is 0 Å². The van der Waals surface area contributed by atoms with Gasteiger partial charge in [-0.25, -0.2) is 4.98 Å². The fourth-order valence-electron chi connectivity index (χ4n) is 2.15. The number of unbranched alkanes of at least 4 members (excludes halogenated alkanes) is 2. The zero-order valence-electron chi connectivity index (χ0n) is 11.6. The Balaban J connectivity index is 2.02. The van der Waals surface area contributed by atoms with Gasteiger partial charge in [-0.3, -0.25) is 4.79 Å². The van der Waals surface area contributed by atoms with E-state index in [-0.39, 0.29) is 11.9 Å². The van der Waals surface area contributed by atoms with Crippen LogP contribution in [0.25, 0.3) is 11.0 Å². The Morgan fingerprint density at radius 1 is 1.37 bits per heavy atom. The predicted molar refractivity (Wildman–Crippen MR) is 77.0 cm³/mol. The normalized spacial score (nSPS) is 12.5. The second-order valence-electron chi connectivity index (χ2n) is 4.81. The highest BCUT2D eigenvalue weighted by atomic mass is 16.2. The van der Waals surface area contributed by atoms with Gasteiger partial charge in [0.05, 0.1) is 17.4 Å². The number of benzene rings is 1. The Bertz CT molecular complexity index is 547. The molecule has 4 nitrogen and oxygen atoms in total. The maximum absolute atomic E-state index is 12.1. The number of aromatic nitrogens is 2. The molecule has 1 aromatic carbocycles. The minimum atomic E-state index is -0.228. The van der Waals surface area contributed by atoms with Crippen LogP contribution in [0.1, 0.15) is 39.2 Å². The number of hydrogen-bond donors (Lipinski definition) is 1. The van der Waals surface area contributed by atoms with Gasteiger partial charge in [-0.15, -0.1) is 0 Å². The zero-order valence-corrected chi connectivity index (χ0v) is 11.6. The molecule has 2 rings (SSSR count). The van der Waals surface area contributed by atoms with Crippen LogP contribution in [0.2, 0.25) is 0 Å². The molecule has 1 N–H and O–H groups in total. The average molecular weight is 259 g/mol. The molecule has 0 fully saturated rings. The van der Waals surface area contributed by atoms with E-state index in [1.54, 1.807) is 6.33 Å². The molecule has 0 saturated heterocycles. The summed E-state index contributed by atoms with van der Waals surface area (Å²) in [5, 5.41) is 2.98. The third kappa shape index (κ3) is 3.13. The highest BCUT2D eigenvalue weighted by Gasteiger charge is 2.16. The van der Waals surface area contributed by atoms with Crippen LogP contribution >= 0.6 is 0 Å². The number of carbonyl (C=O) groups excluding carboxylic acids is 1. The van der Waals surface area contributed by atoms with Crippen LogP contribution in [0.3, 0.4) is 0 Å². The second-order valence-corrected chi connectivity index (χ2v) is 4.81. The Morgan fingerprint density at radius 2 is 2.16 bits per heavy atom. The van der Waals surface area contributed by atoms with Crippen molar-refractivity contribution in [2.75, 3.05) is 6.54 Å². The minimum Gasteiger partial charge on any atom is -0.354 e. The quantitative estimate of drug-likeness (QED) is 0.811. The molecule has 1 unspecified atom stereocenters. The first-order chi connectivity index (χ1) is 9.24. The summed E-state index contributed by atoms with van der Waals surface area (Å²) in [6.07, 6.45) is 5.10. The lowest BCUT2D eigenvalue weighted by Crippen LogP contribution is -2.31. The number of amides is 1. The van der Waals surface area contributed by atoms with Crippen LogP contribution < -0.4 is 5.32 Å². The molecular weight excluding hydrogens is 238 g/mol. The zero-order chi connectivity index (χ0) is 13.7. The van der Waals surface area contributed by atoms with Crippen molar-refractivity contribution in [2.45, 2.75) is 39.2 Å². The van der Waals surface area contributed by atoms with Gasteiger partial charge in [0.2, 0.25) is 5.91 Å². The SMILES string of the molecule is CCCCCNC(=O)C(C)n1cnc2ccccc21. The smallest absolute Gasteiger partial charge is 0.242 e. The maximum Gasteiger partial charge on any atom is 0.242 e. The van der Waals surface area contributed by atoms with E-state index in [1.807, 2.05) is 35.8 Å². The van der Waals surface area contributed by atoms with Gasteiger partial charge >= 0.3 is 0 Å². The fraction of sp³-hybridized carbons (Fsp3) is 0.467. The summed E-state index contributed by atoms with van der Waals surface area (Å²) in [4.78, 5) is 16.4. The van der Waals surface area contributed by atoms with Crippen molar-refractivity contribution in [1.29, 1.82) is 0 Å². The lowest BCUT2D eigenvalue weighted by atomic mass is 10.2. The van der Waals surface area contributed by atoms with Crippen molar-refractivity contribution in [3.63, 3.8) is 0 Å². The highest BCUT2D eigenvalue weighted by molar-refractivity contribution is 5.83. The van der Waals surface area contributed by atoms with Crippen molar-refractivity contribution >= 4 is 16.9 Å². The molecular formula is C15H21N3O. The number of nitrogens with zero attached hydrogens (tertiary/aromatic N) is 2. The summed E-state index contributed by atoms with van der Waals surface area (Å²) >= 11 is 0. The lowest BCUT2D eigenvalue weighted by Gasteiger charge is -2.14. The van der Waals surface area contributed by atoms with E-state index >= 15 is 0 Å². The molecule has 0 aliphatic heterocycles. The number of para-hydroxylation sites is 2. The van der Waals surface area contributed by atoms with Crippen LogP contribution in [0.15, 0.2) is 30.6 Å². The van der Waals surface area contributed by atoms with E-state index in [1.165, 1.54) is 0 Å². The van der Waals surface area contributed by atoms with E-state index < -0.39 is 0 Å². The molecule has 0 aliphatic rings. The summed E-state index contributed by atoms with van der Waals surface area (Å²) in [5.74, 6) is 0.0549. The average Bonchev–Trinajstić information content (AvgIpc) is 2.86. The van der Waals surface area contributed by atoms with Crippen molar-refractivity contribution < 1.29 is 4.79 Å². The van der Waals surface area contributed by atoms with Gasteiger partial charge in [0, 0.05) is 6.54 Å². The summed E-state index contributed by atoms with van der Waals surface area (Å²) in [5.41, 5.74) is 1.92. The van der Waals surface area contributed by atoms with Gasteiger partial charge in [-0.1, -0.05) is 31.9 Å². The van der Waals surface area contributed by atoms with Gasteiger partial charge in [0.1, 0.15) is 6.04 Å². The van der Waals surface area contributed by atoms with Crippen molar-refractivity contribution in [2.24, 2.45) is 0 Å². The molecule has 0 bridgehead atoms. The summed E-state index contributed by atoms with van der Waals surface area (Å²) in [6.45, 7) is 4.81. The standard InChI is InChI=1S/C15H21N3O/c1-3-4-7-10-16-15(19)12(2)18-11-17-13-8-5-6-9-14(13)18/h5-6,8-9,11-12H,3-4,7,10H2,1-2H3,(H,16,19). The Kier molecular flexibility index (Phi) is 4.55. The van der Waals surface area contributed by atoms with E-state index in [4.69, 9.17) is 0 Å².